The molecule has 2 aromatic rings. The Balaban J connectivity index is 1.73. The molecule has 3 rings (SSSR count). The molecule has 0 radical (unpaired) electrons. The van der Waals surface area contributed by atoms with Crippen molar-refractivity contribution in [2.45, 2.75) is 13.0 Å². The molecular formula is C15H13F3N2O2. The van der Waals surface area contributed by atoms with Gasteiger partial charge < -0.3 is 14.8 Å². The second-order valence-corrected chi connectivity index (χ2v) is 4.82. The number of nitrogens with zero attached hydrogens (tertiary/aromatic N) is 1. The summed E-state index contributed by atoms with van der Waals surface area (Å²) >= 11 is 0. The number of hydrogen-bond donors (Lipinski definition) is 1. The highest BCUT2D eigenvalue weighted by molar-refractivity contribution is 5.46. The molecule has 0 unspecified atom stereocenters. The van der Waals surface area contributed by atoms with Crippen molar-refractivity contribution in [1.29, 1.82) is 0 Å². The van der Waals surface area contributed by atoms with Crippen molar-refractivity contribution in [3.63, 3.8) is 0 Å². The molecule has 1 aliphatic heterocycles. The first-order valence-electron chi connectivity index (χ1n) is 6.70. The van der Waals surface area contributed by atoms with Crippen molar-refractivity contribution in [2.24, 2.45) is 0 Å². The van der Waals surface area contributed by atoms with E-state index in [0.29, 0.717) is 23.3 Å². The molecule has 0 bridgehead atoms. The molecule has 1 N–H and O–H groups in total. The molecule has 4 nitrogen and oxygen atoms in total. The van der Waals surface area contributed by atoms with E-state index in [4.69, 9.17) is 9.47 Å². The van der Waals surface area contributed by atoms with Crippen molar-refractivity contribution in [2.75, 3.05) is 18.7 Å². The van der Waals surface area contributed by atoms with Crippen molar-refractivity contribution >= 4 is 5.69 Å². The molecule has 1 aromatic carbocycles. The lowest BCUT2D eigenvalue weighted by molar-refractivity contribution is -0.0172. The number of halogens is 3. The van der Waals surface area contributed by atoms with Gasteiger partial charge in [0.15, 0.2) is 18.4 Å². The highest BCUT2D eigenvalue weighted by atomic mass is 19.1. The molecule has 116 valence electrons. The smallest absolute Gasteiger partial charge is 0.189 e. The van der Waals surface area contributed by atoms with Gasteiger partial charge in [0.25, 0.3) is 0 Å². The summed E-state index contributed by atoms with van der Waals surface area (Å²) in [5.41, 5.74) is 1.01. The third-order valence-electron chi connectivity index (χ3n) is 3.30. The van der Waals surface area contributed by atoms with Gasteiger partial charge in [-0.3, -0.25) is 4.98 Å². The van der Waals surface area contributed by atoms with Crippen LogP contribution in [0.3, 0.4) is 0 Å². The number of aromatic nitrogens is 1. The molecule has 1 aliphatic rings. The topological polar surface area (TPSA) is 43.4 Å². The summed E-state index contributed by atoms with van der Waals surface area (Å²) in [6, 6.07) is 2.71. The third kappa shape index (κ3) is 2.99. The number of fused-ring (bicyclic) bond motifs is 1. The van der Waals surface area contributed by atoms with Crippen LogP contribution in [0.25, 0.3) is 0 Å². The number of hydrogen-bond acceptors (Lipinski definition) is 4. The van der Waals surface area contributed by atoms with E-state index in [0.717, 1.165) is 12.4 Å². The number of benzene rings is 1. The van der Waals surface area contributed by atoms with Gasteiger partial charge >= 0.3 is 0 Å². The van der Waals surface area contributed by atoms with E-state index in [1.807, 2.05) is 0 Å². The summed E-state index contributed by atoms with van der Waals surface area (Å²) in [5, 5.41) is 2.66. The summed E-state index contributed by atoms with van der Waals surface area (Å²) in [7, 11) is 0. The Hall–Kier alpha value is -2.28. The van der Waals surface area contributed by atoms with E-state index >= 15 is 0 Å². The van der Waals surface area contributed by atoms with Gasteiger partial charge in [-0.05, 0) is 24.1 Å². The minimum absolute atomic E-state index is 0.104. The molecule has 0 fully saturated rings. The van der Waals surface area contributed by atoms with Gasteiger partial charge in [-0.15, -0.1) is 0 Å². The Kier molecular flexibility index (Phi) is 4.15. The molecule has 0 atom stereocenters. The average Bonchev–Trinajstić information content (AvgIpc) is 2.50. The Morgan fingerprint density at radius 1 is 1.14 bits per heavy atom. The fraction of sp³-hybridized carbons (Fsp3) is 0.267. The molecule has 0 amide bonds. The second kappa shape index (κ2) is 6.23. The van der Waals surface area contributed by atoms with Crippen LogP contribution < -0.4 is 10.1 Å². The maximum absolute atomic E-state index is 13.6. The van der Waals surface area contributed by atoms with Crippen LogP contribution in [-0.2, 0) is 17.8 Å². The van der Waals surface area contributed by atoms with Crippen molar-refractivity contribution in [3.05, 3.63) is 53.1 Å². The first-order chi connectivity index (χ1) is 10.6. The van der Waals surface area contributed by atoms with Crippen molar-refractivity contribution in [1.82, 2.24) is 4.98 Å². The molecule has 7 heteroatoms. The lowest BCUT2D eigenvalue weighted by atomic mass is 10.1. The normalized spacial score (nSPS) is 13.4. The summed E-state index contributed by atoms with van der Waals surface area (Å²) in [6.07, 6.45) is 2.20. The second-order valence-electron chi connectivity index (χ2n) is 4.82. The lowest BCUT2D eigenvalue weighted by Gasteiger charge is -2.21. The van der Waals surface area contributed by atoms with E-state index < -0.39 is 17.5 Å². The van der Waals surface area contributed by atoms with Crippen LogP contribution in [0.15, 0.2) is 24.5 Å². The van der Waals surface area contributed by atoms with Crippen LogP contribution in [0.4, 0.5) is 18.9 Å². The van der Waals surface area contributed by atoms with Gasteiger partial charge in [0.1, 0.15) is 17.3 Å². The van der Waals surface area contributed by atoms with Crippen LogP contribution >= 0.6 is 0 Å². The Labute approximate surface area is 124 Å². The summed E-state index contributed by atoms with van der Waals surface area (Å²) in [6.45, 7) is 0.603. The predicted octanol–water partition coefficient (Wildman–Crippen LogP) is 3.02. The molecule has 0 aliphatic carbocycles. The number of ether oxygens (including phenoxy) is 2. The van der Waals surface area contributed by atoms with Gasteiger partial charge in [0, 0.05) is 12.1 Å². The van der Waals surface area contributed by atoms with E-state index in [-0.39, 0.29) is 25.6 Å². The molecule has 22 heavy (non-hydrogen) atoms. The van der Waals surface area contributed by atoms with Gasteiger partial charge in [-0.1, -0.05) is 0 Å². The van der Waals surface area contributed by atoms with Crippen molar-refractivity contribution < 1.29 is 22.6 Å². The summed E-state index contributed by atoms with van der Waals surface area (Å²) < 4.78 is 51.0. The molecule has 0 saturated carbocycles. The van der Waals surface area contributed by atoms with E-state index in [2.05, 4.69) is 10.3 Å². The zero-order valence-corrected chi connectivity index (χ0v) is 11.5. The SMILES string of the molecule is Fc1cc(CCNc2c(F)cncc2F)c2c(c1)COCO2. The highest BCUT2D eigenvalue weighted by Crippen LogP contribution is 2.30. The molecular weight excluding hydrogens is 297 g/mol. The third-order valence-corrected chi connectivity index (χ3v) is 3.30. The quantitative estimate of drug-likeness (QED) is 0.943. The van der Waals surface area contributed by atoms with Gasteiger partial charge in [0.05, 0.1) is 19.0 Å². The number of rotatable bonds is 4. The first-order valence-corrected chi connectivity index (χ1v) is 6.70. The lowest BCUT2D eigenvalue weighted by Crippen LogP contribution is -2.15. The molecule has 0 saturated heterocycles. The number of anilines is 1. The van der Waals surface area contributed by atoms with Crippen LogP contribution in [0.2, 0.25) is 0 Å². The maximum atomic E-state index is 13.6. The van der Waals surface area contributed by atoms with Crippen LogP contribution in [-0.4, -0.2) is 18.3 Å². The Morgan fingerprint density at radius 2 is 1.91 bits per heavy atom. The summed E-state index contributed by atoms with van der Waals surface area (Å²) in [4.78, 5) is 3.41. The summed E-state index contributed by atoms with van der Waals surface area (Å²) in [5.74, 6) is -1.37. The zero-order valence-electron chi connectivity index (χ0n) is 11.5. The predicted molar refractivity (Wildman–Crippen MR) is 73.0 cm³/mol. The van der Waals surface area contributed by atoms with Crippen LogP contribution in [0.1, 0.15) is 11.1 Å². The maximum Gasteiger partial charge on any atom is 0.189 e. The van der Waals surface area contributed by atoms with Crippen molar-refractivity contribution in [3.8, 4) is 5.75 Å². The van der Waals surface area contributed by atoms with E-state index in [9.17, 15) is 13.2 Å². The zero-order chi connectivity index (χ0) is 15.5. The molecule has 0 spiro atoms. The minimum atomic E-state index is -0.772. The highest BCUT2D eigenvalue weighted by Gasteiger charge is 2.17. The first kappa shape index (κ1) is 14.6. The van der Waals surface area contributed by atoms with Gasteiger partial charge in [-0.2, -0.15) is 0 Å². The average molecular weight is 310 g/mol. The monoisotopic (exact) mass is 310 g/mol. The van der Waals surface area contributed by atoms with Crippen LogP contribution in [0, 0.1) is 17.5 Å². The largest absolute Gasteiger partial charge is 0.467 e. The number of nitrogens with one attached hydrogen (secondary N) is 1. The van der Waals surface area contributed by atoms with Gasteiger partial charge in [-0.25, -0.2) is 13.2 Å². The minimum Gasteiger partial charge on any atom is -0.467 e. The standard InChI is InChI=1S/C15H13F3N2O2/c16-11-3-9(15-10(4-11)7-21-8-22-15)1-2-20-14-12(17)5-19-6-13(14)18/h3-6H,1-2,7-8H2,(H,19,20). The Morgan fingerprint density at radius 3 is 2.68 bits per heavy atom. The fourth-order valence-electron chi connectivity index (χ4n) is 2.34. The van der Waals surface area contributed by atoms with Crippen LogP contribution in [0.5, 0.6) is 5.75 Å². The number of pyridine rings is 1. The van der Waals surface area contributed by atoms with E-state index in [1.54, 1.807) is 0 Å². The Bertz CT molecular complexity index is 674. The molecule has 1 aromatic heterocycles. The fourth-order valence-corrected chi connectivity index (χ4v) is 2.34. The van der Waals surface area contributed by atoms with Gasteiger partial charge in [0.2, 0.25) is 0 Å². The van der Waals surface area contributed by atoms with E-state index in [1.165, 1.54) is 12.1 Å². The molecule has 2 heterocycles.